The van der Waals surface area contributed by atoms with Crippen molar-refractivity contribution in [2.75, 3.05) is 13.1 Å². The minimum atomic E-state index is -0.715. The fraction of sp³-hybridized carbons (Fsp3) is 0.640. The van der Waals surface area contributed by atoms with Gasteiger partial charge in [-0.3, -0.25) is 4.79 Å². The van der Waals surface area contributed by atoms with Crippen LogP contribution in [0.4, 0.5) is 4.79 Å². The van der Waals surface area contributed by atoms with E-state index in [0.717, 1.165) is 24.8 Å². The van der Waals surface area contributed by atoms with Gasteiger partial charge in [0.15, 0.2) is 0 Å². The Morgan fingerprint density at radius 2 is 1.91 bits per heavy atom. The third-order valence-corrected chi connectivity index (χ3v) is 6.40. The van der Waals surface area contributed by atoms with Crippen LogP contribution in [0.25, 0.3) is 0 Å². The number of ether oxygens (including phenoxy) is 2. The highest BCUT2D eigenvalue weighted by Gasteiger charge is 2.45. The molecular weight excluding hydrogens is 438 g/mol. The number of carbonyl (C=O) groups is 2. The molecule has 1 saturated carbocycles. The maximum Gasteiger partial charge on any atom is 0.528 e. The van der Waals surface area contributed by atoms with Gasteiger partial charge in [-0.15, -0.1) is 5.06 Å². The van der Waals surface area contributed by atoms with E-state index < -0.39 is 17.4 Å². The van der Waals surface area contributed by atoms with Crippen LogP contribution in [0.2, 0.25) is 0 Å². The molecule has 3 aliphatic rings. The Morgan fingerprint density at radius 1 is 1.18 bits per heavy atom. The molecule has 1 aromatic rings. The van der Waals surface area contributed by atoms with Gasteiger partial charge < -0.3 is 24.5 Å². The van der Waals surface area contributed by atoms with Crippen LogP contribution in [0.15, 0.2) is 35.5 Å². The fourth-order valence-corrected chi connectivity index (χ4v) is 4.59. The van der Waals surface area contributed by atoms with Crippen LogP contribution in [0, 0.1) is 0 Å². The lowest BCUT2D eigenvalue weighted by Gasteiger charge is -2.35. The Bertz CT molecular complexity index is 890. The van der Waals surface area contributed by atoms with Crippen molar-refractivity contribution in [2.45, 2.75) is 89.3 Å². The number of hydrogen-bond acceptors (Lipinski definition) is 8. The van der Waals surface area contributed by atoms with E-state index >= 15 is 0 Å². The average Bonchev–Trinajstić information content (AvgIpc) is 3.41. The number of rotatable bonds is 6. The predicted molar refractivity (Wildman–Crippen MR) is 125 cm³/mol. The molecule has 1 aromatic carbocycles. The molecule has 2 atom stereocenters. The molecule has 186 valence electrons. The molecule has 0 unspecified atom stereocenters. The van der Waals surface area contributed by atoms with Gasteiger partial charge in [0.25, 0.3) is 5.91 Å². The second-order valence-electron chi connectivity index (χ2n) is 10.3. The molecule has 0 aromatic heterocycles. The van der Waals surface area contributed by atoms with Crippen LogP contribution in [0.1, 0.15) is 64.9 Å². The van der Waals surface area contributed by atoms with Crippen LogP contribution in [-0.2, 0) is 30.6 Å². The summed E-state index contributed by atoms with van der Waals surface area (Å²) in [5, 5.41) is 8.81. The number of nitrogens with one attached hydrogen (secondary N) is 1. The topological polar surface area (TPSA) is 98.7 Å². The number of hydrogen-bond donors (Lipinski definition) is 1. The summed E-state index contributed by atoms with van der Waals surface area (Å²) in [5.74, 6) is -0.190. The van der Waals surface area contributed by atoms with Gasteiger partial charge in [0.1, 0.15) is 16.9 Å². The normalized spacial score (nSPS) is 24.4. The van der Waals surface area contributed by atoms with Crippen molar-refractivity contribution in [1.82, 2.24) is 10.4 Å². The Hall–Kier alpha value is -2.65. The molecule has 1 spiro atoms. The first-order chi connectivity index (χ1) is 16.2. The number of hydroxylamine groups is 2. The van der Waals surface area contributed by atoms with E-state index in [1.807, 2.05) is 30.3 Å². The van der Waals surface area contributed by atoms with Crippen molar-refractivity contribution in [3.05, 3.63) is 35.9 Å². The quantitative estimate of drug-likeness (QED) is 0.629. The number of piperidine rings is 1. The summed E-state index contributed by atoms with van der Waals surface area (Å²) in [6.45, 7) is 6.88. The second kappa shape index (κ2) is 10.3. The summed E-state index contributed by atoms with van der Waals surface area (Å²) >= 11 is 0. The monoisotopic (exact) mass is 473 g/mol. The Labute approximate surface area is 200 Å². The van der Waals surface area contributed by atoms with Gasteiger partial charge in [-0.2, -0.15) is 0 Å². The highest BCUT2D eigenvalue weighted by atomic mass is 16.8. The molecule has 0 bridgehead atoms. The highest BCUT2D eigenvalue weighted by Crippen LogP contribution is 2.35. The fourth-order valence-electron chi connectivity index (χ4n) is 4.59. The zero-order valence-electron chi connectivity index (χ0n) is 20.2. The van der Waals surface area contributed by atoms with Crippen molar-refractivity contribution in [3.63, 3.8) is 0 Å². The second-order valence-corrected chi connectivity index (χ2v) is 10.3. The standard InChI is InChI=1S/C25H35N3O6/c1-24(2,3)32-23(30)33-28-14-12-25(13-15-28)16-20(27-34-25)22(29)26-19-10-7-11-21(19)31-17-18-8-5-4-6-9-18/h4-6,8-9,19,21H,7,10-17H2,1-3H3,(H,26,29)/t19-,21-/m1/s1. The first-order valence-electron chi connectivity index (χ1n) is 12.1. The first-order valence-corrected chi connectivity index (χ1v) is 12.1. The van der Waals surface area contributed by atoms with Gasteiger partial charge in [0.2, 0.25) is 0 Å². The van der Waals surface area contributed by atoms with Gasteiger partial charge >= 0.3 is 6.16 Å². The van der Waals surface area contributed by atoms with Gasteiger partial charge in [-0.1, -0.05) is 35.5 Å². The molecule has 1 amide bonds. The van der Waals surface area contributed by atoms with Crippen LogP contribution < -0.4 is 5.32 Å². The largest absolute Gasteiger partial charge is 0.528 e. The molecular formula is C25H35N3O6. The lowest BCUT2D eigenvalue weighted by Crippen LogP contribution is -2.47. The molecule has 2 aliphatic heterocycles. The Morgan fingerprint density at radius 3 is 2.62 bits per heavy atom. The Balaban J connectivity index is 1.22. The minimum Gasteiger partial charge on any atom is -0.427 e. The van der Waals surface area contributed by atoms with Gasteiger partial charge in [-0.25, -0.2) is 4.79 Å². The van der Waals surface area contributed by atoms with E-state index in [2.05, 4.69) is 10.5 Å². The third kappa shape index (κ3) is 6.48. The van der Waals surface area contributed by atoms with Crippen LogP contribution in [0.5, 0.6) is 0 Å². The van der Waals surface area contributed by atoms with Crippen molar-refractivity contribution in [2.24, 2.45) is 5.16 Å². The van der Waals surface area contributed by atoms with Crippen molar-refractivity contribution in [3.8, 4) is 0 Å². The summed E-state index contributed by atoms with van der Waals surface area (Å²) in [6.07, 6.45) is 3.76. The third-order valence-electron chi connectivity index (χ3n) is 6.40. The smallest absolute Gasteiger partial charge is 0.427 e. The van der Waals surface area contributed by atoms with Crippen LogP contribution in [0.3, 0.4) is 0 Å². The summed E-state index contributed by atoms with van der Waals surface area (Å²) in [4.78, 5) is 35.8. The van der Waals surface area contributed by atoms with Crippen molar-refractivity contribution >= 4 is 17.8 Å². The maximum absolute atomic E-state index is 12.9. The maximum atomic E-state index is 12.9. The van der Waals surface area contributed by atoms with Crippen molar-refractivity contribution < 1.29 is 28.7 Å². The molecule has 2 heterocycles. The van der Waals surface area contributed by atoms with E-state index in [9.17, 15) is 9.59 Å². The van der Waals surface area contributed by atoms with Crippen LogP contribution in [-0.4, -0.2) is 59.3 Å². The number of benzene rings is 1. The SMILES string of the molecule is CC(C)(C)OC(=O)ON1CCC2(CC1)CC(C(=O)N[C@@H]1CCC[C@H]1OCc1ccccc1)=NO2. The zero-order valence-corrected chi connectivity index (χ0v) is 20.2. The average molecular weight is 474 g/mol. The number of carbonyl (C=O) groups excluding carboxylic acids is 2. The van der Waals surface area contributed by atoms with Crippen molar-refractivity contribution in [1.29, 1.82) is 0 Å². The Kier molecular flexibility index (Phi) is 7.42. The summed E-state index contributed by atoms with van der Waals surface area (Å²) < 4.78 is 11.3. The number of oxime groups is 1. The predicted octanol–water partition coefficient (Wildman–Crippen LogP) is 3.72. The van der Waals surface area contributed by atoms with E-state index in [1.54, 1.807) is 25.8 Å². The lowest BCUT2D eigenvalue weighted by molar-refractivity contribution is -0.180. The molecule has 4 rings (SSSR count). The lowest BCUT2D eigenvalue weighted by atomic mass is 9.87. The van der Waals surface area contributed by atoms with E-state index in [1.165, 1.54) is 0 Å². The molecule has 1 saturated heterocycles. The molecule has 1 aliphatic carbocycles. The molecule has 34 heavy (non-hydrogen) atoms. The first kappa shape index (κ1) is 24.5. The highest BCUT2D eigenvalue weighted by molar-refractivity contribution is 6.39. The van der Waals surface area contributed by atoms with E-state index in [4.69, 9.17) is 19.1 Å². The molecule has 9 heteroatoms. The van der Waals surface area contributed by atoms with Gasteiger partial charge in [0.05, 0.1) is 18.8 Å². The summed E-state index contributed by atoms with van der Waals surface area (Å²) in [6, 6.07) is 10.0. The number of amides is 1. The van der Waals surface area contributed by atoms with E-state index in [0.29, 0.717) is 44.7 Å². The molecule has 0 radical (unpaired) electrons. The molecule has 2 fully saturated rings. The van der Waals surface area contributed by atoms with E-state index in [-0.39, 0.29) is 18.1 Å². The minimum absolute atomic E-state index is 0.00530. The van der Waals surface area contributed by atoms with Gasteiger partial charge in [0, 0.05) is 32.4 Å². The summed E-state index contributed by atoms with van der Waals surface area (Å²) in [5.41, 5.74) is 0.399. The van der Waals surface area contributed by atoms with Crippen LogP contribution >= 0.6 is 0 Å². The van der Waals surface area contributed by atoms with Gasteiger partial charge in [-0.05, 0) is 45.6 Å². The summed E-state index contributed by atoms with van der Waals surface area (Å²) in [7, 11) is 0. The zero-order chi connectivity index (χ0) is 24.2. The number of nitrogens with zero attached hydrogens (tertiary/aromatic N) is 2. The molecule has 9 nitrogen and oxygen atoms in total. The molecule has 1 N–H and O–H groups in total.